The monoisotopic (exact) mass is 413 g/mol. The van der Waals surface area contributed by atoms with Crippen LogP contribution in [0.15, 0.2) is 85.1 Å². The summed E-state index contributed by atoms with van der Waals surface area (Å²) in [6.07, 6.45) is 2.80. The number of hydrogen-bond donors (Lipinski definition) is 0. The lowest BCUT2D eigenvalue weighted by Gasteiger charge is -2.19. The molecule has 31 heavy (non-hydrogen) atoms. The fourth-order valence-electron chi connectivity index (χ4n) is 3.53. The molecule has 1 fully saturated rings. The van der Waals surface area contributed by atoms with Gasteiger partial charge in [-0.3, -0.25) is 4.98 Å². The van der Waals surface area contributed by atoms with Crippen molar-refractivity contribution in [2.24, 2.45) is 0 Å². The molecular formula is C27H27NO3. The Kier molecular flexibility index (Phi) is 7.84. The standard InChI is InChI=1S/C27H27NO3/c1-3-10-22(11-4-1)19-29-21-27-26(30-20-23-12-5-2-6-13-23)18-25(31-27)16-9-15-24-14-7-8-17-28-24/h1-8,10-14,17,25-27H,15,18-21H2/t25-,26+,27-/m1/s1. The number of hydrogen-bond acceptors (Lipinski definition) is 4. The SMILES string of the molecule is C(#C[C@@H]1C[C@H](OCc2ccccc2)[C@@H](COCc2ccccc2)O1)Cc1ccccn1. The van der Waals surface area contributed by atoms with Crippen LogP contribution >= 0.6 is 0 Å². The van der Waals surface area contributed by atoms with E-state index in [1.807, 2.05) is 54.6 Å². The third-order valence-corrected chi connectivity index (χ3v) is 5.16. The zero-order valence-electron chi connectivity index (χ0n) is 17.5. The number of pyridine rings is 1. The third kappa shape index (κ3) is 6.77. The van der Waals surface area contributed by atoms with Crippen LogP contribution in [0.1, 0.15) is 23.2 Å². The molecule has 4 rings (SSSR count). The molecular weight excluding hydrogens is 386 g/mol. The molecule has 3 atom stereocenters. The predicted molar refractivity (Wildman–Crippen MR) is 120 cm³/mol. The third-order valence-electron chi connectivity index (χ3n) is 5.16. The molecule has 0 N–H and O–H groups in total. The van der Waals surface area contributed by atoms with Crippen LogP contribution < -0.4 is 0 Å². The van der Waals surface area contributed by atoms with Gasteiger partial charge in [-0.25, -0.2) is 0 Å². The van der Waals surface area contributed by atoms with Gasteiger partial charge in [-0.15, -0.1) is 0 Å². The first-order valence-electron chi connectivity index (χ1n) is 10.7. The highest BCUT2D eigenvalue weighted by Crippen LogP contribution is 2.25. The van der Waals surface area contributed by atoms with Crippen molar-refractivity contribution in [1.82, 2.24) is 4.98 Å². The molecule has 3 aromatic rings. The highest BCUT2D eigenvalue weighted by atomic mass is 16.6. The molecule has 0 unspecified atom stereocenters. The molecule has 0 bridgehead atoms. The molecule has 1 aliphatic heterocycles. The van der Waals surface area contributed by atoms with Crippen LogP contribution in [0.4, 0.5) is 0 Å². The lowest BCUT2D eigenvalue weighted by molar-refractivity contribution is -0.0651. The summed E-state index contributed by atoms with van der Waals surface area (Å²) in [5, 5.41) is 0. The summed E-state index contributed by atoms with van der Waals surface area (Å²) >= 11 is 0. The Morgan fingerprint density at radius 3 is 2.29 bits per heavy atom. The number of benzene rings is 2. The van der Waals surface area contributed by atoms with Crippen molar-refractivity contribution in [3.8, 4) is 11.8 Å². The summed E-state index contributed by atoms with van der Waals surface area (Å²) in [7, 11) is 0. The maximum absolute atomic E-state index is 6.21. The zero-order chi connectivity index (χ0) is 21.1. The Bertz CT molecular complexity index is 967. The van der Waals surface area contributed by atoms with Gasteiger partial charge in [0.1, 0.15) is 12.2 Å². The Balaban J connectivity index is 1.34. The number of nitrogens with zero attached hydrogens (tertiary/aromatic N) is 1. The van der Waals surface area contributed by atoms with E-state index in [0.29, 0.717) is 26.2 Å². The lowest BCUT2D eigenvalue weighted by Crippen LogP contribution is -2.29. The van der Waals surface area contributed by atoms with Crippen LogP contribution in [-0.4, -0.2) is 29.9 Å². The maximum Gasteiger partial charge on any atom is 0.121 e. The molecule has 4 heteroatoms. The largest absolute Gasteiger partial charge is 0.374 e. The second kappa shape index (κ2) is 11.4. The normalized spacial score (nSPS) is 20.2. The van der Waals surface area contributed by atoms with Crippen LogP contribution in [0.25, 0.3) is 0 Å². The van der Waals surface area contributed by atoms with Gasteiger partial charge in [-0.05, 0) is 23.3 Å². The molecule has 0 aliphatic carbocycles. The minimum atomic E-state index is -0.158. The van der Waals surface area contributed by atoms with Crippen molar-refractivity contribution in [1.29, 1.82) is 0 Å². The number of ether oxygens (including phenoxy) is 3. The van der Waals surface area contributed by atoms with E-state index in [1.165, 1.54) is 0 Å². The smallest absolute Gasteiger partial charge is 0.121 e. The van der Waals surface area contributed by atoms with Gasteiger partial charge in [-0.1, -0.05) is 78.6 Å². The van der Waals surface area contributed by atoms with Crippen LogP contribution in [0.2, 0.25) is 0 Å². The first kappa shape index (κ1) is 21.3. The van der Waals surface area contributed by atoms with Crippen molar-refractivity contribution in [2.45, 2.75) is 44.4 Å². The first-order valence-corrected chi connectivity index (χ1v) is 10.7. The molecule has 1 saturated heterocycles. The average molecular weight is 414 g/mol. The Morgan fingerprint density at radius 1 is 0.871 bits per heavy atom. The average Bonchev–Trinajstić information content (AvgIpc) is 3.21. The summed E-state index contributed by atoms with van der Waals surface area (Å²) in [6, 6.07) is 26.2. The number of aromatic nitrogens is 1. The van der Waals surface area contributed by atoms with Crippen molar-refractivity contribution in [3.05, 3.63) is 102 Å². The van der Waals surface area contributed by atoms with Crippen LogP contribution in [0.5, 0.6) is 0 Å². The molecule has 2 aromatic carbocycles. The fraction of sp³-hybridized carbons (Fsp3) is 0.296. The fourth-order valence-corrected chi connectivity index (χ4v) is 3.53. The Hall–Kier alpha value is -2.97. The predicted octanol–water partition coefficient (Wildman–Crippen LogP) is 4.59. The summed E-state index contributed by atoms with van der Waals surface area (Å²) in [6.45, 7) is 1.59. The van der Waals surface area contributed by atoms with E-state index in [2.05, 4.69) is 41.1 Å². The number of rotatable bonds is 8. The molecule has 0 saturated carbocycles. The highest BCUT2D eigenvalue weighted by Gasteiger charge is 2.35. The second-order valence-corrected chi connectivity index (χ2v) is 7.55. The van der Waals surface area contributed by atoms with Crippen molar-refractivity contribution < 1.29 is 14.2 Å². The van der Waals surface area contributed by atoms with E-state index in [0.717, 1.165) is 23.2 Å². The van der Waals surface area contributed by atoms with Gasteiger partial charge in [0.15, 0.2) is 0 Å². The van der Waals surface area contributed by atoms with E-state index in [9.17, 15) is 0 Å². The van der Waals surface area contributed by atoms with Crippen molar-refractivity contribution >= 4 is 0 Å². The van der Waals surface area contributed by atoms with E-state index >= 15 is 0 Å². The molecule has 2 heterocycles. The highest BCUT2D eigenvalue weighted by molar-refractivity contribution is 5.17. The van der Waals surface area contributed by atoms with E-state index in [4.69, 9.17) is 14.2 Å². The Morgan fingerprint density at radius 2 is 1.58 bits per heavy atom. The van der Waals surface area contributed by atoms with E-state index in [-0.39, 0.29) is 18.3 Å². The van der Waals surface area contributed by atoms with Gasteiger partial charge in [0.2, 0.25) is 0 Å². The molecule has 1 aromatic heterocycles. The molecule has 4 nitrogen and oxygen atoms in total. The van der Waals surface area contributed by atoms with Gasteiger partial charge in [0.25, 0.3) is 0 Å². The lowest BCUT2D eigenvalue weighted by atomic mass is 10.1. The minimum absolute atomic E-state index is 0.0508. The summed E-state index contributed by atoms with van der Waals surface area (Å²) < 4.78 is 18.4. The van der Waals surface area contributed by atoms with Gasteiger partial charge < -0.3 is 14.2 Å². The Labute approximate surface area is 184 Å². The van der Waals surface area contributed by atoms with E-state index < -0.39 is 0 Å². The maximum atomic E-state index is 6.21. The minimum Gasteiger partial charge on any atom is -0.374 e. The molecule has 0 spiro atoms. The zero-order valence-corrected chi connectivity index (χ0v) is 17.5. The van der Waals surface area contributed by atoms with Gasteiger partial charge in [0, 0.05) is 12.6 Å². The van der Waals surface area contributed by atoms with Crippen LogP contribution in [0.3, 0.4) is 0 Å². The molecule has 1 aliphatic rings. The topological polar surface area (TPSA) is 40.6 Å². The summed E-state index contributed by atoms with van der Waals surface area (Å²) in [4.78, 5) is 4.32. The second-order valence-electron chi connectivity index (χ2n) is 7.55. The quantitative estimate of drug-likeness (QED) is 0.507. The van der Waals surface area contributed by atoms with E-state index in [1.54, 1.807) is 6.20 Å². The van der Waals surface area contributed by atoms with Gasteiger partial charge >= 0.3 is 0 Å². The molecule has 158 valence electrons. The van der Waals surface area contributed by atoms with Crippen LogP contribution in [0, 0.1) is 11.8 Å². The molecule has 0 amide bonds. The van der Waals surface area contributed by atoms with Crippen LogP contribution in [-0.2, 0) is 33.8 Å². The first-order chi connectivity index (χ1) is 15.4. The van der Waals surface area contributed by atoms with Gasteiger partial charge in [-0.2, -0.15) is 0 Å². The summed E-state index contributed by atoms with van der Waals surface area (Å²) in [5.74, 6) is 6.46. The molecule has 0 radical (unpaired) electrons. The van der Waals surface area contributed by atoms with Crippen molar-refractivity contribution in [2.75, 3.05) is 6.61 Å². The van der Waals surface area contributed by atoms with Crippen molar-refractivity contribution in [3.63, 3.8) is 0 Å². The van der Waals surface area contributed by atoms with Gasteiger partial charge in [0.05, 0.1) is 38.0 Å². The summed E-state index contributed by atoms with van der Waals surface area (Å²) in [5.41, 5.74) is 3.26.